The summed E-state index contributed by atoms with van der Waals surface area (Å²) in [6.07, 6.45) is 5.34. The van der Waals surface area contributed by atoms with Crippen molar-refractivity contribution in [3.05, 3.63) is 134 Å². The van der Waals surface area contributed by atoms with Crippen LogP contribution in [-0.4, -0.2) is 146 Å². The first-order valence-electron chi connectivity index (χ1n) is 26.7. The molecule has 2 spiro atoms. The van der Waals surface area contributed by atoms with E-state index in [2.05, 4.69) is 32.9 Å². The minimum Gasteiger partial charge on any atom is -0.497 e. The van der Waals surface area contributed by atoms with Gasteiger partial charge in [-0.2, -0.15) is 0 Å². The average molecular weight is 1060 g/mol. The van der Waals surface area contributed by atoms with Crippen LogP contribution in [0.25, 0.3) is 21.8 Å². The van der Waals surface area contributed by atoms with E-state index in [4.69, 9.17) is 37.9 Å². The second-order valence-corrected chi connectivity index (χ2v) is 21.1. The minimum absolute atomic E-state index is 0.116. The van der Waals surface area contributed by atoms with Crippen molar-refractivity contribution < 1.29 is 57.7 Å². The van der Waals surface area contributed by atoms with E-state index >= 15 is 4.79 Å². The number of aliphatic hydroxyl groups is 2. The summed E-state index contributed by atoms with van der Waals surface area (Å²) in [5, 5.41) is 26.2. The molecule has 2 aromatic heterocycles. The fourth-order valence-electron chi connectivity index (χ4n) is 13.3. The second-order valence-electron chi connectivity index (χ2n) is 21.1. The number of anilines is 2. The van der Waals surface area contributed by atoms with Gasteiger partial charge < -0.3 is 48.1 Å². The molecule has 4 aromatic carbocycles. The average Bonchev–Trinajstić information content (AvgIpc) is 4.18. The number of carbonyl (C=O) groups is 2. The van der Waals surface area contributed by atoms with Gasteiger partial charge in [0.15, 0.2) is 23.0 Å². The van der Waals surface area contributed by atoms with Crippen molar-refractivity contribution in [3.8, 4) is 34.5 Å². The van der Waals surface area contributed by atoms with Gasteiger partial charge in [0.2, 0.25) is 0 Å². The van der Waals surface area contributed by atoms with Gasteiger partial charge in [0, 0.05) is 98.7 Å². The molecule has 12 rings (SSSR count). The summed E-state index contributed by atoms with van der Waals surface area (Å²) in [6.45, 7) is 12.1. The lowest BCUT2D eigenvalue weighted by atomic mass is 9.61. The van der Waals surface area contributed by atoms with Gasteiger partial charge in [0.05, 0.1) is 61.4 Å². The predicted molar refractivity (Wildman–Crippen MR) is 291 cm³/mol. The molecule has 0 aliphatic carbocycles. The highest BCUT2D eigenvalue weighted by molar-refractivity contribution is 5.94. The highest BCUT2D eigenvalue weighted by atomic mass is 16.6. The van der Waals surface area contributed by atoms with Crippen LogP contribution in [0.1, 0.15) is 42.6 Å². The van der Waals surface area contributed by atoms with Crippen LogP contribution < -0.4 is 38.2 Å². The molecule has 6 aliphatic rings. The maximum Gasteiger partial charge on any atom is 0.415 e. The summed E-state index contributed by atoms with van der Waals surface area (Å²) in [7, 11) is 3.22. The Morgan fingerprint density at radius 1 is 0.641 bits per heavy atom. The van der Waals surface area contributed by atoms with Crippen LogP contribution in [-0.2, 0) is 9.47 Å². The van der Waals surface area contributed by atoms with E-state index < -0.39 is 53.5 Å². The largest absolute Gasteiger partial charge is 0.497 e. The van der Waals surface area contributed by atoms with Gasteiger partial charge in [-0.3, -0.25) is 29.6 Å². The number of rotatable bonds is 15. The zero-order valence-corrected chi connectivity index (χ0v) is 43.8. The van der Waals surface area contributed by atoms with E-state index in [-0.39, 0.29) is 32.1 Å². The van der Waals surface area contributed by atoms with Crippen LogP contribution in [0.3, 0.4) is 0 Å². The number of ether oxygens (including phenoxy) is 8. The molecule has 18 heteroatoms. The Morgan fingerprint density at radius 3 is 1.76 bits per heavy atom. The molecule has 2 amide bonds. The number of carbonyl (C=O) groups excluding carboxylic acids is 2. The van der Waals surface area contributed by atoms with Gasteiger partial charge in [-0.15, -0.1) is 13.2 Å². The van der Waals surface area contributed by atoms with Crippen LogP contribution in [0.2, 0.25) is 0 Å². The number of methoxy groups -OCH3 is 2. The number of aromatic nitrogens is 2. The molecule has 0 radical (unpaired) electrons. The molecule has 2 N–H and O–H groups in total. The zero-order chi connectivity index (χ0) is 53.7. The normalized spacial score (nSPS) is 25.7. The Balaban J connectivity index is 0.978. The molecule has 8 heterocycles. The van der Waals surface area contributed by atoms with Crippen LogP contribution in [0.4, 0.5) is 21.0 Å². The first-order chi connectivity index (χ1) is 38.0. The standard InChI is InChI=1S/C60H64N6O12/c1-5-7-37-31-63(34-50(67)43-17-20-61-48-13-11-41(71-3)29-45(43)48)22-19-59(37)56(66(58(70)78-59)40-10-16-53-55(28-40)76-26-24-74-53)47-33-64(35-51(68)44-18-21-62-49-14-12-42(72-4)30-46(44)49)32-38(8-6-2)60(47)36-65(57(69)77-60)39-9-15-52-54(27-39)75-25-23-73-52/h5-6,9-18,20-21,27-30,37-38,47,50-51,56,67-68H,1-2,7-8,19,22-26,31-36H2,3-4H3/t37-,38?,47?,50+,51-,56?,59+,60?/m1/s1. The van der Waals surface area contributed by atoms with Crippen LogP contribution in [0.15, 0.2) is 123 Å². The number of β-amino-alcohol motifs (C(OH)–C–C–N with tert-alkyl or cyclic N) is 2. The highest BCUT2D eigenvalue weighted by Gasteiger charge is 2.70. The van der Waals surface area contributed by atoms with Crippen molar-refractivity contribution in [1.29, 1.82) is 0 Å². The van der Waals surface area contributed by atoms with Gasteiger partial charge in [-0.25, -0.2) is 9.59 Å². The number of hydrogen-bond acceptors (Lipinski definition) is 16. The summed E-state index contributed by atoms with van der Waals surface area (Å²) in [6, 6.07) is 25.1. The quantitative estimate of drug-likeness (QED) is 0.0935. The minimum atomic E-state index is -1.27. The molecule has 0 saturated carbocycles. The number of piperidine rings is 2. The van der Waals surface area contributed by atoms with Crippen LogP contribution >= 0.6 is 0 Å². The molecule has 6 aromatic rings. The zero-order valence-electron chi connectivity index (χ0n) is 43.8. The van der Waals surface area contributed by atoms with Crippen molar-refractivity contribution in [2.45, 2.75) is 48.7 Å². The second kappa shape index (κ2) is 21.0. The number of likely N-dealkylation sites (tertiary alicyclic amines) is 2. The summed E-state index contributed by atoms with van der Waals surface area (Å²) < 4.78 is 49.4. The van der Waals surface area contributed by atoms with Crippen molar-refractivity contribution in [2.24, 2.45) is 17.8 Å². The lowest BCUT2D eigenvalue weighted by Gasteiger charge is -2.56. The molecule has 6 aliphatic heterocycles. The Kier molecular flexibility index (Phi) is 13.7. The first-order valence-corrected chi connectivity index (χ1v) is 26.7. The molecule has 406 valence electrons. The lowest BCUT2D eigenvalue weighted by Crippen LogP contribution is -2.70. The Bertz CT molecular complexity index is 3290. The van der Waals surface area contributed by atoms with Crippen molar-refractivity contribution in [1.82, 2.24) is 19.8 Å². The van der Waals surface area contributed by atoms with Gasteiger partial charge in [-0.05, 0) is 96.8 Å². The molecule has 4 unspecified atom stereocenters. The van der Waals surface area contributed by atoms with E-state index in [1.165, 1.54) is 0 Å². The van der Waals surface area contributed by atoms with E-state index in [1.54, 1.807) is 36.4 Å². The van der Waals surface area contributed by atoms with E-state index in [0.717, 1.165) is 21.9 Å². The number of benzene rings is 4. The number of pyridine rings is 2. The van der Waals surface area contributed by atoms with Crippen molar-refractivity contribution in [2.75, 3.05) is 96.3 Å². The van der Waals surface area contributed by atoms with Crippen molar-refractivity contribution in [3.63, 3.8) is 0 Å². The van der Waals surface area contributed by atoms with Crippen LogP contribution in [0, 0.1) is 17.8 Å². The number of allylic oxidation sites excluding steroid dienone is 2. The van der Waals surface area contributed by atoms with E-state index in [0.29, 0.717) is 122 Å². The molecule has 4 fully saturated rings. The number of hydrogen-bond donors (Lipinski definition) is 2. The van der Waals surface area contributed by atoms with Gasteiger partial charge >= 0.3 is 12.2 Å². The Labute approximate surface area is 452 Å². The van der Waals surface area contributed by atoms with Crippen molar-refractivity contribution >= 4 is 45.4 Å². The van der Waals surface area contributed by atoms with Crippen LogP contribution in [0.5, 0.6) is 34.5 Å². The molecular formula is C60H64N6O12. The molecule has 0 bridgehead atoms. The van der Waals surface area contributed by atoms with E-state index in [9.17, 15) is 15.0 Å². The third-order valence-corrected chi connectivity index (χ3v) is 16.9. The maximum atomic E-state index is 15.5. The number of aliphatic hydroxyl groups excluding tert-OH is 2. The summed E-state index contributed by atoms with van der Waals surface area (Å²) in [5.41, 5.74) is 1.46. The van der Waals surface area contributed by atoms with Gasteiger partial charge in [0.25, 0.3) is 0 Å². The SMILES string of the molecule is C=CCC1CN(C[C@@H](O)c2ccnc3ccc(OC)cc23)CC(C2N(c3ccc4c(c3)OCCO4)C(=O)O[C@]23CCN(C[C@H](O)c2ccnc4ccc(OC)cc24)C[C@H]3CC=C)C12CN(c1ccc3c(c1)OCCO3)C(=O)O2. The molecular weight excluding hydrogens is 997 g/mol. The third kappa shape index (κ3) is 9.03. The summed E-state index contributed by atoms with van der Waals surface area (Å²) in [4.78, 5) is 47.4. The molecule has 78 heavy (non-hydrogen) atoms. The summed E-state index contributed by atoms with van der Waals surface area (Å²) in [5.74, 6) is 2.00. The maximum absolute atomic E-state index is 15.5. The lowest BCUT2D eigenvalue weighted by molar-refractivity contribution is -0.141. The molecule has 18 nitrogen and oxygen atoms in total. The third-order valence-electron chi connectivity index (χ3n) is 16.9. The highest BCUT2D eigenvalue weighted by Crippen LogP contribution is 2.56. The Hall–Kier alpha value is -7.64. The summed E-state index contributed by atoms with van der Waals surface area (Å²) >= 11 is 0. The number of amides is 2. The first kappa shape index (κ1) is 51.1. The number of nitrogens with zero attached hydrogens (tertiary/aromatic N) is 6. The predicted octanol–water partition coefficient (Wildman–Crippen LogP) is 8.29. The number of fused-ring (bicyclic) bond motifs is 4. The molecule has 4 saturated heterocycles. The van der Waals surface area contributed by atoms with Gasteiger partial charge in [0.1, 0.15) is 49.1 Å². The topological polar surface area (TPSA) is 187 Å². The van der Waals surface area contributed by atoms with E-state index in [1.807, 2.05) is 97.1 Å². The monoisotopic (exact) mass is 1060 g/mol. The fraction of sp³-hybridized carbons (Fsp3) is 0.400. The molecule has 8 atom stereocenters. The van der Waals surface area contributed by atoms with Gasteiger partial charge in [-0.1, -0.05) is 12.2 Å². The smallest absolute Gasteiger partial charge is 0.415 e. The fourth-order valence-corrected chi connectivity index (χ4v) is 13.3. The Morgan fingerprint density at radius 2 is 1.17 bits per heavy atom.